The molecule has 0 saturated carbocycles. The Morgan fingerprint density at radius 2 is 2.14 bits per heavy atom. The number of aromatic nitrogens is 2. The molecule has 1 unspecified atom stereocenters. The van der Waals surface area contributed by atoms with Gasteiger partial charge in [0, 0.05) is 26.3 Å². The number of ether oxygens (including phenoxy) is 1. The van der Waals surface area contributed by atoms with Gasteiger partial charge in [-0.1, -0.05) is 0 Å². The average molecular weight is 293 g/mol. The van der Waals surface area contributed by atoms with Crippen LogP contribution in [0, 0.1) is 0 Å². The quantitative estimate of drug-likeness (QED) is 0.885. The Morgan fingerprint density at radius 3 is 2.86 bits per heavy atom. The van der Waals surface area contributed by atoms with Gasteiger partial charge in [0.2, 0.25) is 0 Å². The van der Waals surface area contributed by atoms with E-state index in [1.54, 1.807) is 7.11 Å². The summed E-state index contributed by atoms with van der Waals surface area (Å²) in [5, 5.41) is 3.29. The lowest BCUT2D eigenvalue weighted by Gasteiger charge is -2.26. The molecule has 0 aliphatic carbocycles. The Bertz CT molecular complexity index is 429. The normalized spacial score (nSPS) is 21.2. The van der Waals surface area contributed by atoms with Crippen molar-refractivity contribution in [2.24, 2.45) is 0 Å². The predicted octanol–water partition coefficient (Wildman–Crippen LogP) is 1.36. The first-order valence-electron chi connectivity index (χ1n) is 7.63. The highest BCUT2D eigenvalue weighted by Crippen LogP contribution is 2.22. The first-order chi connectivity index (χ1) is 10.1. The van der Waals surface area contributed by atoms with Crippen molar-refractivity contribution in [3.05, 3.63) is 17.6 Å². The molecule has 21 heavy (non-hydrogen) atoms. The summed E-state index contributed by atoms with van der Waals surface area (Å²) in [6.07, 6.45) is 1.18. The van der Waals surface area contributed by atoms with Crippen LogP contribution in [0.2, 0.25) is 0 Å². The van der Waals surface area contributed by atoms with Crippen LogP contribution in [0.3, 0.4) is 0 Å². The molecule has 1 fully saturated rings. The van der Waals surface area contributed by atoms with Crippen molar-refractivity contribution in [3.63, 3.8) is 0 Å². The molecule has 0 aromatic carbocycles. The van der Waals surface area contributed by atoms with Crippen molar-refractivity contribution in [3.8, 4) is 0 Å². The zero-order valence-electron chi connectivity index (χ0n) is 13.6. The molecule has 1 aliphatic rings. The molecule has 1 aliphatic heterocycles. The Labute approximate surface area is 127 Å². The average Bonchev–Trinajstić information content (AvgIpc) is 2.61. The van der Waals surface area contributed by atoms with Crippen molar-refractivity contribution >= 4 is 5.82 Å². The van der Waals surface area contributed by atoms with Crippen LogP contribution < -0.4 is 5.32 Å². The van der Waals surface area contributed by atoms with Crippen LogP contribution in [0.1, 0.15) is 30.9 Å². The summed E-state index contributed by atoms with van der Waals surface area (Å²) in [6.45, 7) is 6.59. The lowest BCUT2D eigenvalue weighted by atomic mass is 10.2. The second-order valence-electron chi connectivity index (χ2n) is 5.68. The highest BCUT2D eigenvalue weighted by atomic mass is 16.5. The van der Waals surface area contributed by atoms with Gasteiger partial charge in [0.15, 0.2) is 0 Å². The lowest BCUT2D eigenvalue weighted by molar-refractivity contribution is 0.179. The van der Waals surface area contributed by atoms with E-state index in [1.165, 1.54) is 6.42 Å². The van der Waals surface area contributed by atoms with Crippen LogP contribution in [0.4, 0.5) is 5.82 Å². The maximum absolute atomic E-state index is 5.23. The van der Waals surface area contributed by atoms with Crippen molar-refractivity contribution in [2.75, 3.05) is 52.7 Å². The first-order valence-corrected chi connectivity index (χ1v) is 7.63. The number of anilines is 1. The molecule has 2 heterocycles. The number of hydrogen-bond acceptors (Lipinski definition) is 6. The number of likely N-dealkylation sites (N-methyl/N-ethyl adjacent to an activating group) is 2. The molecule has 1 saturated heterocycles. The second-order valence-corrected chi connectivity index (χ2v) is 5.68. The molecule has 1 aromatic rings. The molecule has 1 atom stereocenters. The van der Waals surface area contributed by atoms with Gasteiger partial charge in [0.25, 0.3) is 0 Å². The summed E-state index contributed by atoms with van der Waals surface area (Å²) in [6, 6.07) is 2.20. The van der Waals surface area contributed by atoms with Crippen LogP contribution in [0.25, 0.3) is 0 Å². The smallest absolute Gasteiger partial charge is 0.149 e. The summed E-state index contributed by atoms with van der Waals surface area (Å²) in [5.74, 6) is 1.77. The number of nitrogens with zero attached hydrogens (tertiary/aromatic N) is 4. The minimum absolute atomic E-state index is 0.228. The molecule has 1 aromatic heterocycles. The number of methoxy groups -OCH3 is 1. The standard InChI is InChI=1S/C15H27N5O/c1-5-16-14-9-12(11-21-4)17-15(18-14)13-10-19(2)7-6-8-20(13)3/h9,13H,5-8,10-11H2,1-4H3,(H,16,17,18). The number of rotatable bonds is 5. The summed E-state index contributed by atoms with van der Waals surface area (Å²) in [4.78, 5) is 14.1. The van der Waals surface area contributed by atoms with Crippen molar-refractivity contribution in [1.82, 2.24) is 19.8 Å². The molecule has 0 spiro atoms. The third kappa shape index (κ3) is 4.36. The van der Waals surface area contributed by atoms with E-state index in [1.807, 2.05) is 6.07 Å². The molecular weight excluding hydrogens is 266 g/mol. The van der Waals surface area contributed by atoms with Crippen LogP contribution in [0.15, 0.2) is 6.07 Å². The SMILES string of the molecule is CCNc1cc(COC)nc(C2CN(C)CCCN2C)n1. The summed E-state index contributed by atoms with van der Waals surface area (Å²) >= 11 is 0. The molecule has 2 rings (SSSR count). The predicted molar refractivity (Wildman–Crippen MR) is 84.4 cm³/mol. The second kappa shape index (κ2) is 7.68. The molecule has 6 heteroatoms. The Morgan fingerprint density at radius 1 is 1.33 bits per heavy atom. The topological polar surface area (TPSA) is 53.5 Å². The fourth-order valence-corrected chi connectivity index (χ4v) is 2.71. The van der Waals surface area contributed by atoms with E-state index >= 15 is 0 Å². The molecule has 0 radical (unpaired) electrons. The summed E-state index contributed by atoms with van der Waals surface area (Å²) < 4.78 is 5.23. The number of nitrogens with one attached hydrogen (secondary N) is 1. The Kier molecular flexibility index (Phi) is 5.90. The Hall–Kier alpha value is -1.24. The zero-order chi connectivity index (χ0) is 15.2. The maximum atomic E-state index is 5.23. The van der Waals surface area contributed by atoms with Gasteiger partial charge in [-0.3, -0.25) is 4.90 Å². The highest BCUT2D eigenvalue weighted by Gasteiger charge is 2.25. The number of hydrogen-bond donors (Lipinski definition) is 1. The highest BCUT2D eigenvalue weighted by molar-refractivity contribution is 5.36. The van der Waals surface area contributed by atoms with Crippen molar-refractivity contribution in [2.45, 2.75) is 26.0 Å². The van der Waals surface area contributed by atoms with Gasteiger partial charge < -0.3 is 15.0 Å². The van der Waals surface area contributed by atoms with E-state index in [4.69, 9.17) is 14.7 Å². The van der Waals surface area contributed by atoms with E-state index in [-0.39, 0.29) is 6.04 Å². The molecular formula is C15H27N5O. The van der Waals surface area contributed by atoms with Gasteiger partial charge in [-0.15, -0.1) is 0 Å². The van der Waals surface area contributed by atoms with Crippen LogP contribution in [-0.2, 0) is 11.3 Å². The lowest BCUT2D eigenvalue weighted by Crippen LogP contribution is -2.32. The van der Waals surface area contributed by atoms with Gasteiger partial charge >= 0.3 is 0 Å². The van der Waals surface area contributed by atoms with E-state index in [0.29, 0.717) is 6.61 Å². The van der Waals surface area contributed by atoms with E-state index in [0.717, 1.165) is 43.5 Å². The fraction of sp³-hybridized carbons (Fsp3) is 0.733. The minimum atomic E-state index is 0.228. The van der Waals surface area contributed by atoms with Gasteiger partial charge in [-0.05, 0) is 40.5 Å². The van der Waals surface area contributed by atoms with E-state index < -0.39 is 0 Å². The van der Waals surface area contributed by atoms with Gasteiger partial charge in [-0.2, -0.15) is 0 Å². The van der Waals surface area contributed by atoms with Crippen LogP contribution in [0.5, 0.6) is 0 Å². The van der Waals surface area contributed by atoms with Gasteiger partial charge in [0.1, 0.15) is 11.6 Å². The molecule has 0 amide bonds. The van der Waals surface area contributed by atoms with Crippen molar-refractivity contribution in [1.29, 1.82) is 0 Å². The van der Waals surface area contributed by atoms with Crippen LogP contribution >= 0.6 is 0 Å². The van der Waals surface area contributed by atoms with Crippen molar-refractivity contribution < 1.29 is 4.74 Å². The molecule has 118 valence electrons. The third-order valence-corrected chi connectivity index (χ3v) is 3.81. The maximum Gasteiger partial charge on any atom is 0.149 e. The first kappa shape index (κ1) is 16.1. The molecule has 6 nitrogen and oxygen atoms in total. The molecule has 1 N–H and O–H groups in total. The largest absolute Gasteiger partial charge is 0.378 e. The van der Waals surface area contributed by atoms with E-state index in [2.05, 4.69) is 36.1 Å². The molecule has 0 bridgehead atoms. The van der Waals surface area contributed by atoms with E-state index in [9.17, 15) is 0 Å². The van der Waals surface area contributed by atoms with Gasteiger partial charge in [0.05, 0.1) is 18.3 Å². The zero-order valence-corrected chi connectivity index (χ0v) is 13.6. The third-order valence-electron chi connectivity index (χ3n) is 3.81. The van der Waals surface area contributed by atoms with Gasteiger partial charge in [-0.25, -0.2) is 9.97 Å². The minimum Gasteiger partial charge on any atom is -0.378 e. The summed E-state index contributed by atoms with van der Waals surface area (Å²) in [5.41, 5.74) is 0.929. The summed E-state index contributed by atoms with van der Waals surface area (Å²) in [7, 11) is 6.01. The monoisotopic (exact) mass is 293 g/mol. The van der Waals surface area contributed by atoms with Crippen LogP contribution in [-0.4, -0.2) is 67.2 Å². The fourth-order valence-electron chi connectivity index (χ4n) is 2.71. The Balaban J connectivity index is 2.30.